The maximum absolute atomic E-state index is 12.7. The number of carbonyl (C=O) groups is 1. The molecule has 0 aliphatic carbocycles. The van der Waals surface area contributed by atoms with Crippen molar-refractivity contribution in [3.05, 3.63) is 75.8 Å². The molecule has 27 heavy (non-hydrogen) atoms. The Kier molecular flexibility index (Phi) is 5.41. The molecule has 0 atom stereocenters. The third-order valence-corrected chi connectivity index (χ3v) is 4.50. The molecule has 3 aromatic rings. The number of aryl methyl sites for hydroxylation is 1. The number of pyridine rings is 1. The van der Waals surface area contributed by atoms with Gasteiger partial charge < -0.3 is 5.32 Å². The summed E-state index contributed by atoms with van der Waals surface area (Å²) in [6.07, 6.45) is 0.600. The van der Waals surface area contributed by atoms with E-state index in [1.807, 2.05) is 13.0 Å². The van der Waals surface area contributed by atoms with Crippen molar-refractivity contribution in [3.8, 4) is 5.69 Å². The van der Waals surface area contributed by atoms with E-state index in [9.17, 15) is 18.0 Å². The molecule has 0 fully saturated rings. The molecule has 2 heterocycles. The lowest BCUT2D eigenvalue weighted by Crippen LogP contribution is -2.23. The van der Waals surface area contributed by atoms with E-state index >= 15 is 0 Å². The Balaban J connectivity index is 1.83. The summed E-state index contributed by atoms with van der Waals surface area (Å²) in [6, 6.07) is 7.75. The van der Waals surface area contributed by atoms with Gasteiger partial charge in [0.1, 0.15) is 0 Å². The number of nitrogens with zero attached hydrogens (tertiary/aromatic N) is 3. The molecule has 9 heteroatoms. The van der Waals surface area contributed by atoms with Crippen LogP contribution in [0.2, 0.25) is 0 Å². The van der Waals surface area contributed by atoms with Crippen molar-refractivity contribution in [2.45, 2.75) is 19.6 Å². The zero-order valence-electron chi connectivity index (χ0n) is 14.2. The molecule has 0 aliphatic heterocycles. The molecule has 0 radical (unpaired) electrons. The van der Waals surface area contributed by atoms with E-state index in [0.29, 0.717) is 10.5 Å². The number of amides is 2. The highest BCUT2D eigenvalue weighted by Crippen LogP contribution is 2.29. The average Bonchev–Trinajstić information content (AvgIpc) is 3.00. The van der Waals surface area contributed by atoms with Gasteiger partial charge in [-0.05, 0) is 42.8 Å². The van der Waals surface area contributed by atoms with Gasteiger partial charge in [-0.3, -0.25) is 9.55 Å². The molecule has 0 bridgehead atoms. The van der Waals surface area contributed by atoms with Gasteiger partial charge in [-0.2, -0.15) is 18.2 Å². The monoisotopic (exact) mass is 392 g/mol. The Morgan fingerprint density at radius 3 is 2.63 bits per heavy atom. The van der Waals surface area contributed by atoms with Crippen molar-refractivity contribution in [3.63, 3.8) is 0 Å². The lowest BCUT2D eigenvalue weighted by Gasteiger charge is -2.08. The number of benzene rings is 1. The molecule has 0 aliphatic rings. The van der Waals surface area contributed by atoms with Crippen LogP contribution in [0.25, 0.3) is 5.69 Å². The van der Waals surface area contributed by atoms with Crippen LogP contribution in [0.3, 0.4) is 0 Å². The highest BCUT2D eigenvalue weighted by Gasteiger charge is 2.30. The van der Waals surface area contributed by atoms with Crippen LogP contribution in [0.4, 0.5) is 18.0 Å². The minimum atomic E-state index is -4.40. The minimum absolute atomic E-state index is 0.279. The molecule has 0 spiro atoms. The van der Waals surface area contributed by atoms with Crippen molar-refractivity contribution in [2.75, 3.05) is 0 Å². The van der Waals surface area contributed by atoms with E-state index in [2.05, 4.69) is 15.3 Å². The first-order valence-corrected chi connectivity index (χ1v) is 8.73. The van der Waals surface area contributed by atoms with Crippen LogP contribution in [0.1, 0.15) is 16.0 Å². The summed E-state index contributed by atoms with van der Waals surface area (Å²) in [5.41, 5.74) is 0.594. The Labute approximate surface area is 156 Å². The maximum Gasteiger partial charge on any atom is 0.416 e. The van der Waals surface area contributed by atoms with Gasteiger partial charge in [-0.15, -0.1) is 11.3 Å². The average molecular weight is 392 g/mol. The number of thiazole rings is 1. The molecule has 0 saturated heterocycles. The smallest absolute Gasteiger partial charge is 0.332 e. The predicted molar refractivity (Wildman–Crippen MR) is 95.4 cm³/mol. The number of rotatable bonds is 3. The molecule has 2 aromatic heterocycles. The summed E-state index contributed by atoms with van der Waals surface area (Å²) in [5.74, 6) is 0. The summed E-state index contributed by atoms with van der Waals surface area (Å²) in [7, 11) is 0. The number of aromatic nitrogens is 2. The van der Waals surface area contributed by atoms with Gasteiger partial charge in [-0.25, -0.2) is 4.79 Å². The fourth-order valence-electron chi connectivity index (χ4n) is 2.34. The summed E-state index contributed by atoms with van der Waals surface area (Å²) < 4.78 is 39.8. The molecular weight excluding hydrogens is 377 g/mol. The van der Waals surface area contributed by atoms with Crippen LogP contribution in [0, 0.1) is 6.92 Å². The first kappa shape index (κ1) is 18.8. The quantitative estimate of drug-likeness (QED) is 0.730. The molecule has 2 amide bonds. The number of halogens is 3. The van der Waals surface area contributed by atoms with Crippen molar-refractivity contribution in [2.24, 2.45) is 4.99 Å². The summed E-state index contributed by atoms with van der Waals surface area (Å²) in [6.45, 7) is 2.11. The van der Waals surface area contributed by atoms with Crippen molar-refractivity contribution < 1.29 is 18.0 Å². The summed E-state index contributed by atoms with van der Waals surface area (Å²) in [5, 5.41) is 2.66. The van der Waals surface area contributed by atoms with Crippen molar-refractivity contribution in [1.82, 2.24) is 14.9 Å². The van der Waals surface area contributed by atoms with E-state index in [1.54, 1.807) is 29.2 Å². The number of hydrogen-bond donors (Lipinski definition) is 1. The number of urea groups is 1. The van der Waals surface area contributed by atoms with E-state index in [4.69, 9.17) is 0 Å². The maximum atomic E-state index is 12.7. The molecule has 140 valence electrons. The molecular formula is C18H15F3N4OS. The minimum Gasteiger partial charge on any atom is -0.332 e. The van der Waals surface area contributed by atoms with Gasteiger partial charge in [0.2, 0.25) is 0 Å². The van der Waals surface area contributed by atoms with Gasteiger partial charge in [-0.1, -0.05) is 6.07 Å². The third kappa shape index (κ3) is 4.82. The fourth-order valence-corrected chi connectivity index (χ4v) is 3.17. The number of hydrogen-bond acceptors (Lipinski definition) is 3. The van der Waals surface area contributed by atoms with Gasteiger partial charge >= 0.3 is 12.2 Å². The lowest BCUT2D eigenvalue weighted by atomic mass is 10.2. The van der Waals surface area contributed by atoms with Crippen LogP contribution in [0.5, 0.6) is 0 Å². The Morgan fingerprint density at radius 2 is 2.00 bits per heavy atom. The Bertz CT molecular complexity index is 992. The molecule has 1 N–H and O–H groups in total. The SMILES string of the molecule is Cc1cn(-c2ccc(C(F)(F)F)cc2)/c(=N/C(=O)NCc2cccnc2)s1. The topological polar surface area (TPSA) is 59.3 Å². The largest absolute Gasteiger partial charge is 0.416 e. The van der Waals surface area contributed by atoms with Crippen molar-refractivity contribution in [1.29, 1.82) is 0 Å². The standard InChI is InChI=1S/C18H15F3N4OS/c1-12-11-25(15-6-4-14(5-7-15)18(19,20)21)17(27-12)24-16(26)23-10-13-3-2-8-22-9-13/h2-9,11H,10H2,1H3,(H,23,26)/b24-17-. The molecule has 1 aromatic carbocycles. The van der Waals surface area contributed by atoms with Gasteiger partial charge in [0, 0.05) is 35.7 Å². The molecule has 5 nitrogen and oxygen atoms in total. The van der Waals surface area contributed by atoms with E-state index in [0.717, 1.165) is 22.6 Å². The normalized spacial score (nSPS) is 12.2. The molecule has 3 rings (SSSR count). The molecule has 0 saturated carbocycles. The zero-order valence-corrected chi connectivity index (χ0v) is 15.0. The second kappa shape index (κ2) is 7.75. The lowest BCUT2D eigenvalue weighted by molar-refractivity contribution is -0.137. The zero-order chi connectivity index (χ0) is 19.4. The van der Waals surface area contributed by atoms with E-state index in [-0.39, 0.29) is 6.54 Å². The van der Waals surface area contributed by atoms with Crippen LogP contribution in [-0.2, 0) is 12.7 Å². The number of carbonyl (C=O) groups excluding carboxylic acids is 1. The van der Waals surface area contributed by atoms with Gasteiger partial charge in [0.05, 0.1) is 5.56 Å². The first-order valence-electron chi connectivity index (χ1n) is 7.91. The highest BCUT2D eigenvalue weighted by molar-refractivity contribution is 7.09. The van der Waals surface area contributed by atoms with Gasteiger partial charge in [0.15, 0.2) is 4.80 Å². The Hall–Kier alpha value is -2.94. The molecule has 0 unspecified atom stereocenters. The second-order valence-corrected chi connectivity index (χ2v) is 6.88. The van der Waals surface area contributed by atoms with Crippen molar-refractivity contribution >= 4 is 17.4 Å². The third-order valence-electron chi connectivity index (χ3n) is 3.61. The van der Waals surface area contributed by atoms with E-state index < -0.39 is 17.8 Å². The Morgan fingerprint density at radius 1 is 1.26 bits per heavy atom. The van der Waals surface area contributed by atoms with Crippen LogP contribution in [0.15, 0.2) is 60.0 Å². The predicted octanol–water partition coefficient (Wildman–Crippen LogP) is 4.07. The number of nitrogens with one attached hydrogen (secondary N) is 1. The summed E-state index contributed by atoms with van der Waals surface area (Å²) >= 11 is 1.27. The first-order chi connectivity index (χ1) is 12.8. The van der Waals surface area contributed by atoms with E-state index in [1.165, 1.54) is 23.5 Å². The van der Waals surface area contributed by atoms with Crippen LogP contribution < -0.4 is 10.1 Å². The summed E-state index contributed by atoms with van der Waals surface area (Å²) in [4.78, 5) is 21.3. The number of alkyl halides is 3. The fraction of sp³-hybridized carbons (Fsp3) is 0.167. The van der Waals surface area contributed by atoms with Crippen LogP contribution in [-0.4, -0.2) is 15.6 Å². The highest BCUT2D eigenvalue weighted by atomic mass is 32.1. The van der Waals surface area contributed by atoms with Gasteiger partial charge in [0.25, 0.3) is 0 Å². The second-order valence-electron chi connectivity index (χ2n) is 5.67. The van der Waals surface area contributed by atoms with Crippen LogP contribution >= 0.6 is 11.3 Å².